The van der Waals surface area contributed by atoms with Crippen molar-refractivity contribution in [3.05, 3.63) is 29.8 Å². The van der Waals surface area contributed by atoms with Crippen molar-refractivity contribution in [2.75, 3.05) is 5.75 Å². The molecule has 0 aliphatic carbocycles. The van der Waals surface area contributed by atoms with Gasteiger partial charge in [-0.25, -0.2) is 0 Å². The smallest absolute Gasteiger partial charge is 0.423 e. The minimum absolute atomic E-state index is 0.571. The van der Waals surface area contributed by atoms with Crippen LogP contribution in [-0.4, -0.2) is 22.9 Å². The van der Waals surface area contributed by atoms with Gasteiger partial charge in [-0.05, 0) is 29.1 Å². The van der Waals surface area contributed by atoms with Crippen molar-refractivity contribution < 1.29 is 10.0 Å². The summed E-state index contributed by atoms with van der Waals surface area (Å²) in [7, 11) is -1.36. The quantitative estimate of drug-likeness (QED) is 0.584. The zero-order valence-corrected chi connectivity index (χ0v) is 10.7. The fourth-order valence-electron chi connectivity index (χ4n) is 1.35. The molecule has 0 atom stereocenters. The maximum Gasteiger partial charge on any atom is 0.488 e. The van der Waals surface area contributed by atoms with E-state index >= 15 is 0 Å². The predicted molar refractivity (Wildman–Crippen MR) is 71.9 cm³/mol. The predicted octanol–water partition coefficient (Wildman–Crippen LogP) is 1.65. The van der Waals surface area contributed by atoms with E-state index in [4.69, 9.17) is 10.0 Å². The SMILES string of the molecule is CC(C)CCSCc1cccc(B(O)O)c1. The van der Waals surface area contributed by atoms with Gasteiger partial charge >= 0.3 is 7.12 Å². The van der Waals surface area contributed by atoms with Gasteiger partial charge in [0.15, 0.2) is 0 Å². The van der Waals surface area contributed by atoms with E-state index in [9.17, 15) is 0 Å². The molecule has 2 N–H and O–H groups in total. The normalized spacial score (nSPS) is 10.8. The van der Waals surface area contributed by atoms with E-state index in [1.165, 1.54) is 6.42 Å². The van der Waals surface area contributed by atoms with E-state index in [1.54, 1.807) is 6.07 Å². The molecule has 0 aliphatic heterocycles. The third kappa shape index (κ3) is 5.06. The second-order valence-corrected chi connectivity index (χ2v) is 5.46. The summed E-state index contributed by atoms with van der Waals surface area (Å²) >= 11 is 1.89. The maximum atomic E-state index is 9.04. The molecule has 0 saturated heterocycles. The van der Waals surface area contributed by atoms with Crippen LogP contribution in [0.2, 0.25) is 0 Å². The molecule has 2 nitrogen and oxygen atoms in total. The second-order valence-electron chi connectivity index (χ2n) is 4.35. The molecule has 0 saturated carbocycles. The Morgan fingerprint density at radius 3 is 2.69 bits per heavy atom. The molecular weight excluding hydrogens is 219 g/mol. The Morgan fingerprint density at radius 2 is 2.06 bits per heavy atom. The van der Waals surface area contributed by atoms with Gasteiger partial charge < -0.3 is 10.0 Å². The molecule has 16 heavy (non-hydrogen) atoms. The lowest BCUT2D eigenvalue weighted by molar-refractivity contribution is 0.425. The average Bonchev–Trinajstić information content (AvgIpc) is 2.24. The van der Waals surface area contributed by atoms with Crippen molar-refractivity contribution in [2.45, 2.75) is 26.0 Å². The highest BCUT2D eigenvalue weighted by atomic mass is 32.2. The van der Waals surface area contributed by atoms with Crippen molar-refractivity contribution in [1.82, 2.24) is 0 Å². The molecule has 0 aromatic heterocycles. The van der Waals surface area contributed by atoms with Gasteiger partial charge in [-0.2, -0.15) is 11.8 Å². The monoisotopic (exact) mass is 238 g/mol. The number of hydrogen-bond acceptors (Lipinski definition) is 3. The molecular formula is C12H19BO2S. The minimum atomic E-state index is -1.36. The standard InChI is InChI=1S/C12H19BO2S/c1-10(2)6-7-16-9-11-4-3-5-12(8-11)13(14)15/h3-5,8,10,14-15H,6-7,9H2,1-2H3. The van der Waals surface area contributed by atoms with Crippen molar-refractivity contribution in [3.8, 4) is 0 Å². The zero-order chi connectivity index (χ0) is 12.0. The van der Waals surface area contributed by atoms with Crippen molar-refractivity contribution in [1.29, 1.82) is 0 Å². The molecule has 0 heterocycles. The number of rotatable bonds is 6. The Balaban J connectivity index is 2.39. The first-order valence-corrected chi connectivity index (χ1v) is 6.77. The highest BCUT2D eigenvalue weighted by Crippen LogP contribution is 2.14. The molecule has 0 radical (unpaired) electrons. The van der Waals surface area contributed by atoms with Gasteiger partial charge in [-0.3, -0.25) is 0 Å². The van der Waals surface area contributed by atoms with Crippen LogP contribution >= 0.6 is 11.8 Å². The van der Waals surface area contributed by atoms with Crippen LogP contribution in [0.4, 0.5) is 0 Å². The third-order valence-corrected chi connectivity index (χ3v) is 3.42. The number of thioether (sulfide) groups is 1. The van der Waals surface area contributed by atoms with Crippen LogP contribution in [0.15, 0.2) is 24.3 Å². The summed E-state index contributed by atoms with van der Waals surface area (Å²) in [5.41, 5.74) is 1.72. The van der Waals surface area contributed by atoms with Gasteiger partial charge in [0.25, 0.3) is 0 Å². The van der Waals surface area contributed by atoms with E-state index < -0.39 is 7.12 Å². The van der Waals surface area contributed by atoms with Crippen LogP contribution < -0.4 is 5.46 Å². The third-order valence-electron chi connectivity index (χ3n) is 2.36. The highest BCUT2D eigenvalue weighted by Gasteiger charge is 2.10. The minimum Gasteiger partial charge on any atom is -0.423 e. The summed E-state index contributed by atoms with van der Waals surface area (Å²) in [5.74, 6) is 2.84. The number of hydrogen-bond donors (Lipinski definition) is 2. The lowest BCUT2D eigenvalue weighted by Gasteiger charge is -2.06. The lowest BCUT2D eigenvalue weighted by Crippen LogP contribution is -2.29. The van der Waals surface area contributed by atoms with Gasteiger partial charge in [0.2, 0.25) is 0 Å². The molecule has 0 unspecified atom stereocenters. The fourth-order valence-corrected chi connectivity index (χ4v) is 2.55. The van der Waals surface area contributed by atoms with Gasteiger partial charge in [0, 0.05) is 5.75 Å². The van der Waals surface area contributed by atoms with E-state index in [-0.39, 0.29) is 0 Å². The van der Waals surface area contributed by atoms with Gasteiger partial charge in [0.1, 0.15) is 0 Å². The van der Waals surface area contributed by atoms with Crippen LogP contribution in [0.3, 0.4) is 0 Å². The zero-order valence-electron chi connectivity index (χ0n) is 9.89. The molecule has 0 fully saturated rings. The molecule has 4 heteroatoms. The van der Waals surface area contributed by atoms with E-state index in [2.05, 4.69) is 13.8 Å². The number of benzene rings is 1. The van der Waals surface area contributed by atoms with Crippen molar-refractivity contribution in [3.63, 3.8) is 0 Å². The van der Waals surface area contributed by atoms with Crippen LogP contribution in [-0.2, 0) is 5.75 Å². The lowest BCUT2D eigenvalue weighted by atomic mass is 9.80. The Hall–Kier alpha value is -0.445. The fraction of sp³-hybridized carbons (Fsp3) is 0.500. The summed E-state index contributed by atoms with van der Waals surface area (Å²) in [5, 5.41) is 18.1. The maximum absolute atomic E-state index is 9.04. The van der Waals surface area contributed by atoms with Gasteiger partial charge in [-0.15, -0.1) is 0 Å². The average molecular weight is 238 g/mol. The molecule has 0 bridgehead atoms. The largest absolute Gasteiger partial charge is 0.488 e. The molecule has 0 spiro atoms. The summed E-state index contributed by atoms with van der Waals surface area (Å²) in [6.45, 7) is 4.45. The first-order valence-electron chi connectivity index (χ1n) is 5.62. The van der Waals surface area contributed by atoms with Crippen LogP contribution in [0, 0.1) is 5.92 Å². The van der Waals surface area contributed by atoms with Crippen LogP contribution in [0.25, 0.3) is 0 Å². The Kier molecular flexibility index (Phi) is 5.95. The van der Waals surface area contributed by atoms with Crippen LogP contribution in [0.1, 0.15) is 25.8 Å². The van der Waals surface area contributed by atoms with Gasteiger partial charge in [0.05, 0.1) is 0 Å². The summed E-state index contributed by atoms with van der Waals surface area (Å²) in [4.78, 5) is 0. The van der Waals surface area contributed by atoms with E-state index in [0.717, 1.165) is 23.0 Å². The Morgan fingerprint density at radius 1 is 1.31 bits per heavy atom. The van der Waals surface area contributed by atoms with E-state index in [1.807, 2.05) is 30.0 Å². The van der Waals surface area contributed by atoms with Crippen molar-refractivity contribution >= 4 is 24.3 Å². The summed E-state index contributed by atoms with van der Waals surface area (Å²) in [6, 6.07) is 7.47. The molecule has 1 aromatic carbocycles. The summed E-state index contributed by atoms with van der Waals surface area (Å²) in [6.07, 6.45) is 1.23. The second kappa shape index (κ2) is 6.99. The molecule has 1 aromatic rings. The molecule has 1 rings (SSSR count). The first-order chi connectivity index (χ1) is 7.59. The molecule has 0 amide bonds. The topological polar surface area (TPSA) is 40.5 Å². The van der Waals surface area contributed by atoms with Gasteiger partial charge in [-0.1, -0.05) is 38.1 Å². The van der Waals surface area contributed by atoms with Crippen LogP contribution in [0.5, 0.6) is 0 Å². The molecule has 0 aliphatic rings. The highest BCUT2D eigenvalue weighted by molar-refractivity contribution is 7.98. The van der Waals surface area contributed by atoms with E-state index in [0.29, 0.717) is 5.46 Å². The first kappa shape index (κ1) is 13.6. The Labute approximate surface area is 102 Å². The molecule has 88 valence electrons. The summed E-state index contributed by atoms with van der Waals surface area (Å²) < 4.78 is 0. The van der Waals surface area contributed by atoms with Crippen molar-refractivity contribution in [2.24, 2.45) is 5.92 Å². The Bertz CT molecular complexity index is 316.